The van der Waals surface area contributed by atoms with Crippen LogP contribution in [0.2, 0.25) is 0 Å². The number of nitrogens with one attached hydrogen (secondary N) is 1. The summed E-state index contributed by atoms with van der Waals surface area (Å²) in [7, 11) is 0. The van der Waals surface area contributed by atoms with E-state index < -0.39 is 12.0 Å². The van der Waals surface area contributed by atoms with Crippen molar-refractivity contribution in [2.75, 3.05) is 6.79 Å². The maximum Gasteiger partial charge on any atom is 0.325 e. The number of aliphatic hydroxyl groups excluding tert-OH is 1. The molecule has 3 rings (SSSR count). The van der Waals surface area contributed by atoms with E-state index in [1.54, 1.807) is 18.2 Å². The lowest BCUT2D eigenvalue weighted by Gasteiger charge is -2.29. The number of carboxylic acids is 1. The standard InChI is InChI=1S/C15H19NO5/c17-11-4-2-10(3-5-11)16-14(15(18)19)9-1-6-12-13(7-9)21-8-20-12/h1,6-7,10-11,14,16-17H,2-5,8H2,(H,18,19). The number of rotatable bonds is 4. The van der Waals surface area contributed by atoms with Crippen LogP contribution in [-0.2, 0) is 4.79 Å². The Bertz CT molecular complexity index is 525. The molecule has 1 atom stereocenters. The summed E-state index contributed by atoms with van der Waals surface area (Å²) in [6, 6.07) is 4.53. The third kappa shape index (κ3) is 3.11. The molecule has 6 nitrogen and oxygen atoms in total. The Morgan fingerprint density at radius 2 is 1.90 bits per heavy atom. The fourth-order valence-electron chi connectivity index (χ4n) is 2.88. The highest BCUT2D eigenvalue weighted by atomic mass is 16.7. The molecule has 1 aromatic rings. The predicted octanol–water partition coefficient (Wildman–Crippen LogP) is 1.43. The second-order valence-electron chi connectivity index (χ2n) is 5.56. The van der Waals surface area contributed by atoms with E-state index in [-0.39, 0.29) is 18.9 Å². The van der Waals surface area contributed by atoms with Crippen LogP contribution in [0.15, 0.2) is 18.2 Å². The van der Waals surface area contributed by atoms with Crippen LogP contribution in [-0.4, -0.2) is 35.1 Å². The van der Waals surface area contributed by atoms with E-state index in [1.165, 1.54) is 0 Å². The molecule has 3 N–H and O–H groups in total. The molecule has 2 aliphatic rings. The van der Waals surface area contributed by atoms with Crippen LogP contribution < -0.4 is 14.8 Å². The fourth-order valence-corrected chi connectivity index (χ4v) is 2.88. The van der Waals surface area contributed by atoms with Crippen molar-refractivity contribution in [1.29, 1.82) is 0 Å². The first-order valence-corrected chi connectivity index (χ1v) is 7.20. The second kappa shape index (κ2) is 5.91. The number of benzene rings is 1. The Balaban J connectivity index is 1.74. The molecule has 1 saturated carbocycles. The minimum Gasteiger partial charge on any atom is -0.480 e. The summed E-state index contributed by atoms with van der Waals surface area (Å²) in [5.74, 6) is 0.309. The first-order chi connectivity index (χ1) is 10.1. The van der Waals surface area contributed by atoms with Crippen LogP contribution in [0.3, 0.4) is 0 Å². The number of aliphatic hydroxyl groups is 1. The summed E-state index contributed by atoms with van der Waals surface area (Å²) in [4.78, 5) is 11.6. The van der Waals surface area contributed by atoms with Gasteiger partial charge in [0.1, 0.15) is 6.04 Å². The normalized spacial score (nSPS) is 25.6. The van der Waals surface area contributed by atoms with Gasteiger partial charge in [0.05, 0.1) is 6.10 Å². The summed E-state index contributed by atoms with van der Waals surface area (Å²) in [5, 5.41) is 22.2. The largest absolute Gasteiger partial charge is 0.480 e. The van der Waals surface area contributed by atoms with Crippen molar-refractivity contribution in [2.24, 2.45) is 0 Å². The lowest BCUT2D eigenvalue weighted by Crippen LogP contribution is -2.40. The number of hydrogen-bond donors (Lipinski definition) is 3. The van der Waals surface area contributed by atoms with Gasteiger partial charge in [0.15, 0.2) is 11.5 Å². The molecule has 0 amide bonds. The molecule has 6 heteroatoms. The monoisotopic (exact) mass is 293 g/mol. The van der Waals surface area contributed by atoms with E-state index in [1.807, 2.05) is 0 Å². The van der Waals surface area contributed by atoms with Gasteiger partial charge in [0.2, 0.25) is 6.79 Å². The Kier molecular flexibility index (Phi) is 3.98. The van der Waals surface area contributed by atoms with Gasteiger partial charge >= 0.3 is 5.97 Å². The molecule has 1 aliphatic carbocycles. The molecular formula is C15H19NO5. The molecule has 1 aliphatic heterocycles. The van der Waals surface area contributed by atoms with Gasteiger partial charge in [-0.1, -0.05) is 6.07 Å². The topological polar surface area (TPSA) is 88.0 Å². The number of fused-ring (bicyclic) bond motifs is 1. The molecule has 114 valence electrons. The molecule has 21 heavy (non-hydrogen) atoms. The van der Waals surface area contributed by atoms with Gasteiger partial charge < -0.3 is 19.7 Å². The van der Waals surface area contributed by atoms with Crippen LogP contribution >= 0.6 is 0 Å². The highest BCUT2D eigenvalue weighted by Crippen LogP contribution is 2.34. The average molecular weight is 293 g/mol. The summed E-state index contributed by atoms with van der Waals surface area (Å²) >= 11 is 0. The highest BCUT2D eigenvalue weighted by molar-refractivity contribution is 5.76. The zero-order valence-corrected chi connectivity index (χ0v) is 11.6. The zero-order valence-electron chi connectivity index (χ0n) is 11.6. The molecule has 1 heterocycles. The average Bonchev–Trinajstić information content (AvgIpc) is 2.93. The highest BCUT2D eigenvalue weighted by Gasteiger charge is 2.27. The quantitative estimate of drug-likeness (QED) is 0.778. The fraction of sp³-hybridized carbons (Fsp3) is 0.533. The van der Waals surface area contributed by atoms with Crippen LogP contribution in [0.25, 0.3) is 0 Å². The Morgan fingerprint density at radius 3 is 2.62 bits per heavy atom. The maximum absolute atomic E-state index is 11.6. The van der Waals surface area contributed by atoms with E-state index in [9.17, 15) is 15.0 Å². The zero-order chi connectivity index (χ0) is 14.8. The predicted molar refractivity (Wildman–Crippen MR) is 74.3 cm³/mol. The van der Waals surface area contributed by atoms with Crippen LogP contribution in [0.5, 0.6) is 11.5 Å². The van der Waals surface area contributed by atoms with Crippen molar-refractivity contribution in [2.45, 2.75) is 43.9 Å². The van der Waals surface area contributed by atoms with Gasteiger partial charge in [-0.25, -0.2) is 0 Å². The lowest BCUT2D eigenvalue weighted by atomic mass is 9.92. The van der Waals surface area contributed by atoms with Gasteiger partial charge in [0, 0.05) is 6.04 Å². The molecule has 0 aromatic heterocycles. The van der Waals surface area contributed by atoms with Crippen molar-refractivity contribution >= 4 is 5.97 Å². The molecule has 1 fully saturated rings. The van der Waals surface area contributed by atoms with Crippen molar-refractivity contribution < 1.29 is 24.5 Å². The summed E-state index contributed by atoms with van der Waals surface area (Å²) < 4.78 is 10.5. The minimum atomic E-state index is -0.917. The van der Waals surface area contributed by atoms with Gasteiger partial charge in [-0.3, -0.25) is 10.1 Å². The van der Waals surface area contributed by atoms with Crippen molar-refractivity contribution in [3.8, 4) is 11.5 Å². The molecular weight excluding hydrogens is 274 g/mol. The van der Waals surface area contributed by atoms with Gasteiger partial charge in [-0.15, -0.1) is 0 Å². The Morgan fingerprint density at radius 1 is 1.19 bits per heavy atom. The van der Waals surface area contributed by atoms with Crippen molar-refractivity contribution in [3.63, 3.8) is 0 Å². The molecule has 1 aromatic carbocycles. The van der Waals surface area contributed by atoms with Crippen LogP contribution in [0, 0.1) is 0 Å². The number of aliphatic carboxylic acids is 1. The lowest BCUT2D eigenvalue weighted by molar-refractivity contribution is -0.140. The molecule has 0 spiro atoms. The molecule has 0 radical (unpaired) electrons. The number of hydrogen-bond acceptors (Lipinski definition) is 5. The van der Waals surface area contributed by atoms with Crippen LogP contribution in [0.4, 0.5) is 0 Å². The number of ether oxygens (including phenoxy) is 2. The van der Waals surface area contributed by atoms with Gasteiger partial charge in [-0.2, -0.15) is 0 Å². The van der Waals surface area contributed by atoms with E-state index in [0.717, 1.165) is 12.8 Å². The maximum atomic E-state index is 11.6. The first-order valence-electron chi connectivity index (χ1n) is 7.20. The first kappa shape index (κ1) is 14.2. The van der Waals surface area contributed by atoms with Gasteiger partial charge in [-0.05, 0) is 43.4 Å². The number of carboxylic acid groups (broad SMARTS) is 1. The van der Waals surface area contributed by atoms with E-state index in [4.69, 9.17) is 9.47 Å². The minimum absolute atomic E-state index is 0.111. The Labute approximate surface area is 122 Å². The van der Waals surface area contributed by atoms with Crippen molar-refractivity contribution in [1.82, 2.24) is 5.32 Å². The third-order valence-electron chi connectivity index (χ3n) is 4.08. The smallest absolute Gasteiger partial charge is 0.325 e. The van der Waals surface area contributed by atoms with Crippen molar-refractivity contribution in [3.05, 3.63) is 23.8 Å². The number of carbonyl (C=O) groups is 1. The summed E-state index contributed by atoms with van der Waals surface area (Å²) in [6.07, 6.45) is 2.75. The third-order valence-corrected chi connectivity index (χ3v) is 4.08. The SMILES string of the molecule is O=C(O)C(NC1CCC(O)CC1)c1ccc2c(c1)OCO2. The summed E-state index contributed by atoms with van der Waals surface area (Å²) in [6.45, 7) is 0.171. The van der Waals surface area contributed by atoms with E-state index >= 15 is 0 Å². The molecule has 0 bridgehead atoms. The molecule has 1 unspecified atom stereocenters. The Hall–Kier alpha value is -1.79. The van der Waals surface area contributed by atoms with Crippen LogP contribution in [0.1, 0.15) is 37.3 Å². The second-order valence-corrected chi connectivity index (χ2v) is 5.56. The van der Waals surface area contributed by atoms with E-state index in [2.05, 4.69) is 5.32 Å². The summed E-state index contributed by atoms with van der Waals surface area (Å²) in [5.41, 5.74) is 0.651. The van der Waals surface area contributed by atoms with E-state index in [0.29, 0.717) is 29.9 Å². The van der Waals surface area contributed by atoms with Gasteiger partial charge in [0.25, 0.3) is 0 Å². The molecule has 0 saturated heterocycles.